The third-order valence-corrected chi connectivity index (χ3v) is 2.70. The number of hydrogen-bond acceptors (Lipinski definition) is 6. The van der Waals surface area contributed by atoms with Crippen LogP contribution >= 0.6 is 0 Å². The van der Waals surface area contributed by atoms with Crippen molar-refractivity contribution in [3.8, 4) is 0 Å². The van der Waals surface area contributed by atoms with Crippen molar-refractivity contribution in [2.75, 3.05) is 17.2 Å². The van der Waals surface area contributed by atoms with E-state index in [0.717, 1.165) is 0 Å². The fourth-order valence-corrected chi connectivity index (χ4v) is 1.80. The molecule has 0 unspecified atom stereocenters. The van der Waals surface area contributed by atoms with E-state index in [4.69, 9.17) is 0 Å². The lowest BCUT2D eigenvalue weighted by Gasteiger charge is -2.10. The van der Waals surface area contributed by atoms with E-state index in [-0.39, 0.29) is 28.8 Å². The fourth-order valence-electron chi connectivity index (χ4n) is 1.80. The Hall–Kier alpha value is -2.77. The van der Waals surface area contributed by atoms with Gasteiger partial charge >= 0.3 is 5.69 Å². The molecule has 7 nitrogen and oxygen atoms in total. The summed E-state index contributed by atoms with van der Waals surface area (Å²) in [6.45, 7) is 3.92. The summed E-state index contributed by atoms with van der Waals surface area (Å²) < 4.78 is 13.7. The van der Waals surface area contributed by atoms with E-state index in [2.05, 4.69) is 20.6 Å². The molecular weight excluding hydrogens is 277 g/mol. The zero-order valence-electron chi connectivity index (χ0n) is 11.6. The molecule has 8 heteroatoms. The van der Waals surface area contributed by atoms with E-state index >= 15 is 0 Å². The molecular formula is C13H14FN5O2. The van der Waals surface area contributed by atoms with Gasteiger partial charge in [0.05, 0.1) is 10.6 Å². The molecule has 1 heterocycles. The van der Waals surface area contributed by atoms with E-state index in [9.17, 15) is 14.5 Å². The van der Waals surface area contributed by atoms with Crippen LogP contribution in [0.2, 0.25) is 0 Å². The first kappa shape index (κ1) is 14.6. The van der Waals surface area contributed by atoms with E-state index in [1.165, 1.54) is 25.1 Å². The molecule has 0 fully saturated rings. The topological polar surface area (TPSA) is 93.0 Å². The smallest absolute Gasteiger partial charge is 0.332 e. The monoisotopic (exact) mass is 291 g/mol. The zero-order valence-corrected chi connectivity index (χ0v) is 11.6. The molecule has 1 aromatic heterocycles. The Bertz CT molecular complexity index is 678. The highest BCUT2D eigenvalue weighted by atomic mass is 19.1. The number of aromatic nitrogens is 2. The van der Waals surface area contributed by atoms with Gasteiger partial charge in [0, 0.05) is 6.54 Å². The van der Waals surface area contributed by atoms with Gasteiger partial charge in [-0.15, -0.1) is 0 Å². The maximum atomic E-state index is 13.7. The minimum atomic E-state index is -0.589. The van der Waals surface area contributed by atoms with Gasteiger partial charge in [-0.25, -0.2) is 9.37 Å². The zero-order chi connectivity index (χ0) is 15.4. The molecule has 1 aromatic carbocycles. The van der Waals surface area contributed by atoms with Gasteiger partial charge < -0.3 is 10.6 Å². The number of aryl methyl sites for hydroxylation is 1. The van der Waals surface area contributed by atoms with Gasteiger partial charge in [-0.2, -0.15) is 4.98 Å². The third kappa shape index (κ3) is 3.22. The van der Waals surface area contributed by atoms with Crippen LogP contribution in [0.5, 0.6) is 0 Å². The van der Waals surface area contributed by atoms with Crippen LogP contribution in [-0.4, -0.2) is 21.4 Å². The number of para-hydroxylation sites is 1. The van der Waals surface area contributed by atoms with Gasteiger partial charge in [0.25, 0.3) is 0 Å². The Labute approximate surface area is 120 Å². The second kappa shape index (κ2) is 6.12. The van der Waals surface area contributed by atoms with Crippen molar-refractivity contribution >= 4 is 23.1 Å². The van der Waals surface area contributed by atoms with Crippen LogP contribution in [0.3, 0.4) is 0 Å². The summed E-state index contributed by atoms with van der Waals surface area (Å²) >= 11 is 0. The number of nitro groups is 1. The number of halogens is 1. The van der Waals surface area contributed by atoms with Crippen molar-refractivity contribution in [2.24, 2.45) is 0 Å². The van der Waals surface area contributed by atoms with Crippen LogP contribution in [0.15, 0.2) is 24.3 Å². The Morgan fingerprint density at radius 2 is 2.05 bits per heavy atom. The maximum absolute atomic E-state index is 13.7. The molecule has 0 aliphatic rings. The highest BCUT2D eigenvalue weighted by Gasteiger charge is 2.22. The van der Waals surface area contributed by atoms with Crippen molar-refractivity contribution in [1.29, 1.82) is 0 Å². The standard InChI is InChI=1S/C13H14FN5O2/c1-3-15-13-16-8(2)11(19(20)21)12(18-13)17-10-7-5-4-6-9(10)14/h4-7H,3H2,1-2H3,(H2,15,16,17,18). The molecule has 0 spiro atoms. The molecule has 0 radical (unpaired) electrons. The van der Waals surface area contributed by atoms with E-state index in [1.807, 2.05) is 6.92 Å². The lowest BCUT2D eigenvalue weighted by molar-refractivity contribution is -0.385. The predicted octanol–water partition coefficient (Wildman–Crippen LogP) is 3.01. The number of hydrogen-bond donors (Lipinski definition) is 2. The van der Waals surface area contributed by atoms with Crippen molar-refractivity contribution in [3.63, 3.8) is 0 Å². The first-order valence-electron chi connectivity index (χ1n) is 6.31. The van der Waals surface area contributed by atoms with Crippen LogP contribution in [0.25, 0.3) is 0 Å². The second-order valence-electron chi connectivity index (χ2n) is 4.22. The van der Waals surface area contributed by atoms with E-state index in [1.54, 1.807) is 6.07 Å². The Morgan fingerprint density at radius 1 is 1.33 bits per heavy atom. The molecule has 0 saturated heterocycles. The number of benzene rings is 1. The quantitative estimate of drug-likeness (QED) is 0.649. The van der Waals surface area contributed by atoms with Crippen LogP contribution in [0.1, 0.15) is 12.6 Å². The third-order valence-electron chi connectivity index (χ3n) is 2.70. The number of nitrogens with one attached hydrogen (secondary N) is 2. The SMILES string of the molecule is CCNc1nc(C)c([N+](=O)[O-])c(Nc2ccccc2F)n1. The van der Waals surface area contributed by atoms with Gasteiger partial charge in [-0.1, -0.05) is 12.1 Å². The van der Waals surface area contributed by atoms with E-state index in [0.29, 0.717) is 6.54 Å². The summed E-state index contributed by atoms with van der Waals surface area (Å²) in [4.78, 5) is 18.6. The summed E-state index contributed by atoms with van der Waals surface area (Å²) in [5, 5.41) is 16.7. The maximum Gasteiger partial charge on any atom is 0.332 e. The van der Waals surface area contributed by atoms with Crippen molar-refractivity contribution in [3.05, 3.63) is 45.9 Å². The first-order valence-corrected chi connectivity index (χ1v) is 6.31. The highest BCUT2D eigenvalue weighted by molar-refractivity contribution is 5.68. The second-order valence-corrected chi connectivity index (χ2v) is 4.22. The van der Waals surface area contributed by atoms with Gasteiger partial charge in [-0.3, -0.25) is 10.1 Å². The molecule has 0 saturated carbocycles. The lowest BCUT2D eigenvalue weighted by Crippen LogP contribution is -2.09. The normalized spacial score (nSPS) is 10.2. The van der Waals surface area contributed by atoms with Crippen LogP contribution < -0.4 is 10.6 Å². The molecule has 0 bridgehead atoms. The van der Waals surface area contributed by atoms with Gasteiger partial charge in [0.1, 0.15) is 11.5 Å². The van der Waals surface area contributed by atoms with Crippen LogP contribution in [0.4, 0.5) is 27.5 Å². The average molecular weight is 291 g/mol. The molecule has 0 amide bonds. The predicted molar refractivity (Wildman–Crippen MR) is 77.3 cm³/mol. The van der Waals surface area contributed by atoms with Gasteiger partial charge in [0.15, 0.2) is 0 Å². The highest BCUT2D eigenvalue weighted by Crippen LogP contribution is 2.29. The van der Waals surface area contributed by atoms with Gasteiger partial charge in [0.2, 0.25) is 11.8 Å². The first-order chi connectivity index (χ1) is 10.0. The number of nitrogens with zero attached hydrogens (tertiary/aromatic N) is 3. The minimum absolute atomic E-state index is 0.0476. The molecule has 21 heavy (non-hydrogen) atoms. The Kier molecular flexibility index (Phi) is 4.27. The Morgan fingerprint density at radius 3 is 2.67 bits per heavy atom. The van der Waals surface area contributed by atoms with E-state index < -0.39 is 10.7 Å². The molecule has 2 N–H and O–H groups in total. The lowest BCUT2D eigenvalue weighted by atomic mass is 10.3. The van der Waals surface area contributed by atoms with Gasteiger partial charge in [-0.05, 0) is 26.0 Å². The molecule has 2 rings (SSSR count). The number of anilines is 3. The summed E-state index contributed by atoms with van der Waals surface area (Å²) in [6, 6.07) is 5.89. The summed E-state index contributed by atoms with van der Waals surface area (Å²) in [5.41, 5.74) is 0.0332. The molecule has 0 aliphatic carbocycles. The summed E-state index contributed by atoms with van der Waals surface area (Å²) in [5.74, 6) is -0.318. The van der Waals surface area contributed by atoms with Crippen molar-refractivity contribution in [2.45, 2.75) is 13.8 Å². The summed E-state index contributed by atoms with van der Waals surface area (Å²) in [7, 11) is 0. The Balaban J connectivity index is 2.49. The number of rotatable bonds is 5. The molecule has 0 atom stereocenters. The molecule has 2 aromatic rings. The minimum Gasteiger partial charge on any atom is -0.354 e. The van der Waals surface area contributed by atoms with Crippen molar-refractivity contribution in [1.82, 2.24) is 9.97 Å². The summed E-state index contributed by atoms with van der Waals surface area (Å²) in [6.07, 6.45) is 0. The van der Waals surface area contributed by atoms with Crippen LogP contribution in [0, 0.1) is 22.9 Å². The average Bonchev–Trinajstić information content (AvgIpc) is 2.41. The van der Waals surface area contributed by atoms with Crippen LogP contribution in [-0.2, 0) is 0 Å². The molecule has 110 valence electrons. The molecule has 0 aliphatic heterocycles. The van der Waals surface area contributed by atoms with Crippen molar-refractivity contribution < 1.29 is 9.31 Å². The largest absolute Gasteiger partial charge is 0.354 e. The fraction of sp³-hybridized carbons (Fsp3) is 0.231.